The highest BCUT2D eigenvalue weighted by molar-refractivity contribution is 5.97. The Morgan fingerprint density at radius 2 is 2.04 bits per heavy atom. The number of carbonyl (C=O) groups excluding carboxylic acids is 1. The van der Waals surface area contributed by atoms with E-state index in [2.05, 4.69) is 5.32 Å². The molecule has 1 aromatic carbocycles. The van der Waals surface area contributed by atoms with Crippen molar-refractivity contribution in [2.75, 3.05) is 26.2 Å². The van der Waals surface area contributed by atoms with Gasteiger partial charge >= 0.3 is 11.7 Å². The standard InChI is InChI=1S/C16H19N3O5/c1-2-11(15(21)22)19-12-4-3-10(9-13(12)24-16(19)23)14(20)18-7-5-17-6-8-18/h3-4,9,11,17H,2,5-8H2,1H3,(H,21,22). The average molecular weight is 333 g/mol. The molecule has 0 bridgehead atoms. The fourth-order valence-electron chi connectivity index (χ4n) is 2.98. The Morgan fingerprint density at radius 1 is 1.33 bits per heavy atom. The lowest BCUT2D eigenvalue weighted by atomic mass is 10.1. The highest BCUT2D eigenvalue weighted by atomic mass is 16.4. The molecule has 2 N–H and O–H groups in total. The number of rotatable bonds is 4. The molecule has 128 valence electrons. The van der Waals surface area contributed by atoms with Crippen LogP contribution in [-0.4, -0.2) is 52.6 Å². The lowest BCUT2D eigenvalue weighted by Crippen LogP contribution is -2.46. The van der Waals surface area contributed by atoms with Gasteiger partial charge in [-0.3, -0.25) is 9.36 Å². The third-order valence-corrected chi connectivity index (χ3v) is 4.25. The van der Waals surface area contributed by atoms with Crippen LogP contribution in [0.2, 0.25) is 0 Å². The molecule has 1 atom stereocenters. The van der Waals surface area contributed by atoms with Gasteiger partial charge in [-0.2, -0.15) is 0 Å². The van der Waals surface area contributed by atoms with Crippen LogP contribution in [0, 0.1) is 0 Å². The number of oxazole rings is 1. The minimum absolute atomic E-state index is 0.126. The summed E-state index contributed by atoms with van der Waals surface area (Å²) < 4.78 is 6.29. The molecule has 1 amide bonds. The van der Waals surface area contributed by atoms with Crippen LogP contribution >= 0.6 is 0 Å². The number of piperazine rings is 1. The number of benzene rings is 1. The molecule has 8 nitrogen and oxygen atoms in total. The molecule has 0 saturated carbocycles. The Hall–Kier alpha value is -2.61. The minimum atomic E-state index is -1.09. The average Bonchev–Trinajstić information content (AvgIpc) is 2.91. The molecule has 1 fully saturated rings. The Balaban J connectivity index is 1.99. The summed E-state index contributed by atoms with van der Waals surface area (Å²) in [4.78, 5) is 37.6. The zero-order valence-corrected chi connectivity index (χ0v) is 13.3. The maximum atomic E-state index is 12.5. The first kappa shape index (κ1) is 16.3. The van der Waals surface area contributed by atoms with Crippen LogP contribution in [0.25, 0.3) is 11.1 Å². The van der Waals surface area contributed by atoms with Gasteiger partial charge in [-0.25, -0.2) is 9.59 Å². The number of aliphatic carboxylic acids is 1. The molecule has 2 heterocycles. The number of hydrogen-bond acceptors (Lipinski definition) is 5. The first-order valence-corrected chi connectivity index (χ1v) is 7.90. The number of carboxylic acids is 1. The predicted octanol–water partition coefficient (Wildman–Crippen LogP) is 0.676. The quantitative estimate of drug-likeness (QED) is 0.852. The molecule has 1 saturated heterocycles. The zero-order valence-electron chi connectivity index (χ0n) is 13.3. The SMILES string of the molecule is CCC(C(=O)O)n1c(=O)oc2cc(C(=O)N3CCNCC3)ccc21. The van der Waals surface area contributed by atoms with Crippen LogP contribution < -0.4 is 11.1 Å². The number of hydrogen-bond donors (Lipinski definition) is 2. The first-order chi connectivity index (χ1) is 11.5. The van der Waals surface area contributed by atoms with Crippen molar-refractivity contribution in [3.8, 4) is 0 Å². The Morgan fingerprint density at radius 3 is 2.67 bits per heavy atom. The van der Waals surface area contributed by atoms with Crippen molar-refractivity contribution in [2.45, 2.75) is 19.4 Å². The summed E-state index contributed by atoms with van der Waals surface area (Å²) in [6.45, 7) is 4.43. The van der Waals surface area contributed by atoms with Gasteiger partial charge in [0.15, 0.2) is 5.58 Å². The number of nitrogens with zero attached hydrogens (tertiary/aromatic N) is 2. The minimum Gasteiger partial charge on any atom is -0.480 e. The van der Waals surface area contributed by atoms with Gasteiger partial charge in [0, 0.05) is 31.7 Å². The molecule has 8 heteroatoms. The second-order valence-corrected chi connectivity index (χ2v) is 5.72. The number of nitrogens with one attached hydrogen (secondary N) is 1. The van der Waals surface area contributed by atoms with Gasteiger partial charge in [0.05, 0.1) is 5.52 Å². The molecule has 2 aromatic rings. The van der Waals surface area contributed by atoms with Crippen LogP contribution in [0.15, 0.2) is 27.4 Å². The largest absolute Gasteiger partial charge is 0.480 e. The van der Waals surface area contributed by atoms with Gasteiger partial charge in [-0.15, -0.1) is 0 Å². The van der Waals surface area contributed by atoms with Crippen LogP contribution in [0.4, 0.5) is 0 Å². The van der Waals surface area contributed by atoms with Gasteiger partial charge in [-0.05, 0) is 24.6 Å². The highest BCUT2D eigenvalue weighted by Gasteiger charge is 2.25. The van der Waals surface area contributed by atoms with Gasteiger partial charge in [-0.1, -0.05) is 6.92 Å². The molecular weight excluding hydrogens is 314 g/mol. The third-order valence-electron chi connectivity index (χ3n) is 4.25. The fourth-order valence-corrected chi connectivity index (χ4v) is 2.98. The van der Waals surface area contributed by atoms with E-state index < -0.39 is 17.8 Å². The lowest BCUT2D eigenvalue weighted by molar-refractivity contribution is -0.141. The topological polar surface area (TPSA) is 105 Å². The Kier molecular flexibility index (Phi) is 4.39. The van der Waals surface area contributed by atoms with E-state index in [9.17, 15) is 19.5 Å². The summed E-state index contributed by atoms with van der Waals surface area (Å²) >= 11 is 0. The lowest BCUT2D eigenvalue weighted by Gasteiger charge is -2.27. The second kappa shape index (κ2) is 6.48. The number of amides is 1. The van der Waals surface area contributed by atoms with E-state index in [0.717, 1.165) is 17.7 Å². The number of carboxylic acid groups (broad SMARTS) is 1. The molecule has 1 aliphatic rings. The van der Waals surface area contributed by atoms with Gasteiger partial charge < -0.3 is 19.7 Å². The summed E-state index contributed by atoms with van der Waals surface area (Å²) in [6, 6.07) is 3.69. The van der Waals surface area contributed by atoms with E-state index in [1.807, 2.05) is 0 Å². The Labute approximate surface area is 137 Å². The van der Waals surface area contributed by atoms with Gasteiger partial charge in [0.25, 0.3) is 5.91 Å². The maximum absolute atomic E-state index is 12.5. The van der Waals surface area contributed by atoms with E-state index in [0.29, 0.717) is 24.2 Å². The van der Waals surface area contributed by atoms with Gasteiger partial charge in [0.1, 0.15) is 6.04 Å². The maximum Gasteiger partial charge on any atom is 0.420 e. The summed E-state index contributed by atoms with van der Waals surface area (Å²) in [7, 11) is 0. The van der Waals surface area contributed by atoms with Crippen LogP contribution in [0.1, 0.15) is 29.7 Å². The van der Waals surface area contributed by atoms with E-state index in [4.69, 9.17) is 4.42 Å². The van der Waals surface area contributed by atoms with Crippen molar-refractivity contribution in [3.63, 3.8) is 0 Å². The molecule has 0 aliphatic carbocycles. The first-order valence-electron chi connectivity index (χ1n) is 7.90. The van der Waals surface area contributed by atoms with E-state index in [1.54, 1.807) is 24.0 Å². The summed E-state index contributed by atoms with van der Waals surface area (Å²) in [5, 5.41) is 12.5. The number of fused-ring (bicyclic) bond motifs is 1. The second-order valence-electron chi connectivity index (χ2n) is 5.72. The van der Waals surface area contributed by atoms with E-state index in [-0.39, 0.29) is 17.9 Å². The number of carbonyl (C=O) groups is 2. The molecule has 1 aliphatic heterocycles. The monoisotopic (exact) mass is 333 g/mol. The van der Waals surface area contributed by atoms with Crippen molar-refractivity contribution in [3.05, 3.63) is 34.3 Å². The van der Waals surface area contributed by atoms with Crippen LogP contribution in [0.5, 0.6) is 0 Å². The third kappa shape index (κ3) is 2.80. The Bertz CT molecular complexity index is 832. The van der Waals surface area contributed by atoms with Crippen molar-refractivity contribution in [1.82, 2.24) is 14.8 Å². The molecule has 1 unspecified atom stereocenters. The smallest absolute Gasteiger partial charge is 0.420 e. The van der Waals surface area contributed by atoms with Crippen molar-refractivity contribution in [1.29, 1.82) is 0 Å². The molecule has 24 heavy (non-hydrogen) atoms. The van der Waals surface area contributed by atoms with E-state index in [1.165, 1.54) is 6.07 Å². The normalized spacial score (nSPS) is 16.3. The molecular formula is C16H19N3O5. The van der Waals surface area contributed by atoms with Gasteiger partial charge in [0.2, 0.25) is 0 Å². The van der Waals surface area contributed by atoms with Crippen LogP contribution in [-0.2, 0) is 4.79 Å². The zero-order chi connectivity index (χ0) is 17.3. The summed E-state index contributed by atoms with van der Waals surface area (Å²) in [6.07, 6.45) is 0.255. The van der Waals surface area contributed by atoms with E-state index >= 15 is 0 Å². The molecule has 3 rings (SSSR count). The predicted molar refractivity (Wildman–Crippen MR) is 86.2 cm³/mol. The van der Waals surface area contributed by atoms with Crippen molar-refractivity contribution >= 4 is 23.0 Å². The van der Waals surface area contributed by atoms with Crippen molar-refractivity contribution < 1.29 is 19.1 Å². The highest BCUT2D eigenvalue weighted by Crippen LogP contribution is 2.21. The summed E-state index contributed by atoms with van der Waals surface area (Å²) in [5.41, 5.74) is 1.03. The molecule has 1 aromatic heterocycles. The fraction of sp³-hybridized carbons (Fsp3) is 0.438. The molecule has 0 spiro atoms. The number of aromatic nitrogens is 1. The molecule has 0 radical (unpaired) electrons. The van der Waals surface area contributed by atoms with Crippen LogP contribution in [0.3, 0.4) is 0 Å². The van der Waals surface area contributed by atoms with Crippen molar-refractivity contribution in [2.24, 2.45) is 0 Å². The summed E-state index contributed by atoms with van der Waals surface area (Å²) in [5.74, 6) is -1.95.